The highest BCUT2D eigenvalue weighted by Crippen LogP contribution is 2.29. The molecule has 2 aromatic carbocycles. The SMILES string of the molecule is Cc1ccc(C2=NOC(C)(C)C2=O)cc1-c1cnc(-c2cccc(C(N)=O)c2C)cn1. The third-order valence-electron chi connectivity index (χ3n) is 5.44. The van der Waals surface area contributed by atoms with Crippen LogP contribution >= 0.6 is 0 Å². The van der Waals surface area contributed by atoms with Gasteiger partial charge in [-0.05, 0) is 51.0 Å². The molecule has 1 aliphatic rings. The molecule has 2 heterocycles. The van der Waals surface area contributed by atoms with Gasteiger partial charge >= 0.3 is 0 Å². The van der Waals surface area contributed by atoms with Gasteiger partial charge < -0.3 is 10.6 Å². The topological polar surface area (TPSA) is 108 Å². The smallest absolute Gasteiger partial charge is 0.248 e. The second kappa shape index (κ2) is 7.43. The van der Waals surface area contributed by atoms with Gasteiger partial charge in [0.2, 0.25) is 11.7 Å². The van der Waals surface area contributed by atoms with E-state index in [4.69, 9.17) is 10.6 Å². The summed E-state index contributed by atoms with van der Waals surface area (Å²) in [6.07, 6.45) is 3.34. The molecule has 7 heteroatoms. The van der Waals surface area contributed by atoms with E-state index < -0.39 is 11.5 Å². The van der Waals surface area contributed by atoms with Crippen LogP contribution in [0.3, 0.4) is 0 Å². The summed E-state index contributed by atoms with van der Waals surface area (Å²) in [5, 5.41) is 3.98. The number of aromatic nitrogens is 2. The lowest BCUT2D eigenvalue weighted by Crippen LogP contribution is -2.33. The van der Waals surface area contributed by atoms with E-state index in [1.807, 2.05) is 38.1 Å². The number of aryl methyl sites for hydroxylation is 1. The first-order valence-electron chi connectivity index (χ1n) is 9.83. The lowest BCUT2D eigenvalue weighted by molar-refractivity contribution is -0.128. The van der Waals surface area contributed by atoms with Gasteiger partial charge in [-0.15, -0.1) is 0 Å². The van der Waals surface area contributed by atoms with Gasteiger partial charge in [0.05, 0.1) is 23.8 Å². The normalized spacial score (nSPS) is 14.8. The third kappa shape index (κ3) is 3.59. The monoisotopic (exact) mass is 414 g/mol. The minimum atomic E-state index is -0.959. The molecular formula is C24H22N4O3. The summed E-state index contributed by atoms with van der Waals surface area (Å²) in [5.74, 6) is -0.638. The molecular weight excluding hydrogens is 392 g/mol. The number of hydrogen-bond donors (Lipinski definition) is 1. The number of amides is 1. The molecule has 1 aliphatic heterocycles. The highest BCUT2D eigenvalue weighted by Gasteiger charge is 2.40. The van der Waals surface area contributed by atoms with Gasteiger partial charge in [0.25, 0.3) is 0 Å². The molecule has 1 aromatic heterocycles. The van der Waals surface area contributed by atoms with Crippen molar-refractivity contribution in [2.45, 2.75) is 33.3 Å². The number of carbonyl (C=O) groups excluding carboxylic acids is 2. The Balaban J connectivity index is 1.70. The average Bonchev–Trinajstić information content (AvgIpc) is 3.01. The highest BCUT2D eigenvalue weighted by atomic mass is 16.7. The maximum Gasteiger partial charge on any atom is 0.248 e. The summed E-state index contributed by atoms with van der Waals surface area (Å²) in [5.41, 5.74) is 10.6. The number of Topliss-reactive ketones (excluding diaryl/α,β-unsaturated/α-hetero) is 1. The third-order valence-corrected chi connectivity index (χ3v) is 5.44. The predicted molar refractivity (Wildman–Crippen MR) is 118 cm³/mol. The fourth-order valence-corrected chi connectivity index (χ4v) is 3.54. The van der Waals surface area contributed by atoms with Crippen molar-refractivity contribution in [3.8, 4) is 22.5 Å². The molecule has 7 nitrogen and oxygen atoms in total. The fourth-order valence-electron chi connectivity index (χ4n) is 3.54. The van der Waals surface area contributed by atoms with E-state index in [0.717, 1.165) is 22.3 Å². The Morgan fingerprint density at radius 1 is 1.00 bits per heavy atom. The van der Waals surface area contributed by atoms with E-state index in [0.29, 0.717) is 28.2 Å². The van der Waals surface area contributed by atoms with E-state index in [9.17, 15) is 9.59 Å². The van der Waals surface area contributed by atoms with Gasteiger partial charge in [-0.2, -0.15) is 0 Å². The molecule has 0 unspecified atom stereocenters. The van der Waals surface area contributed by atoms with Crippen molar-refractivity contribution in [2.24, 2.45) is 10.9 Å². The van der Waals surface area contributed by atoms with Crippen LogP contribution in [0.5, 0.6) is 0 Å². The van der Waals surface area contributed by atoms with Gasteiger partial charge in [0.15, 0.2) is 11.3 Å². The molecule has 3 aromatic rings. The molecule has 0 saturated heterocycles. The Kier molecular flexibility index (Phi) is 4.89. The van der Waals surface area contributed by atoms with Crippen LogP contribution in [-0.4, -0.2) is 33.0 Å². The number of ketones is 1. The maximum absolute atomic E-state index is 12.6. The minimum Gasteiger partial charge on any atom is -0.381 e. The van der Waals surface area contributed by atoms with Crippen molar-refractivity contribution >= 4 is 17.4 Å². The number of nitrogens with two attached hydrogens (primary N) is 1. The van der Waals surface area contributed by atoms with Gasteiger partial charge in [0, 0.05) is 22.3 Å². The first-order chi connectivity index (χ1) is 14.7. The summed E-state index contributed by atoms with van der Waals surface area (Å²) < 4.78 is 0. The standard InChI is InChI=1S/C24H22N4O3/c1-13-8-9-15(21-22(29)24(3,4)31-28-21)10-18(13)20-12-26-19(11-27-20)16-6-5-7-17(14(16)2)23(25)30/h5-12H,1-4H3,(H2,25,30). The number of benzene rings is 2. The van der Waals surface area contributed by atoms with E-state index in [1.165, 1.54) is 0 Å². The molecule has 0 aliphatic carbocycles. The molecule has 0 bridgehead atoms. The molecule has 0 fully saturated rings. The molecule has 0 radical (unpaired) electrons. The van der Waals surface area contributed by atoms with Crippen LogP contribution in [0.1, 0.15) is 40.9 Å². The van der Waals surface area contributed by atoms with Crippen LogP contribution in [-0.2, 0) is 9.63 Å². The average molecular weight is 414 g/mol. The number of nitrogens with zero attached hydrogens (tertiary/aromatic N) is 3. The lowest BCUT2D eigenvalue weighted by Gasteiger charge is -2.12. The summed E-state index contributed by atoms with van der Waals surface area (Å²) in [6, 6.07) is 11.0. The molecule has 1 amide bonds. The second-order valence-electron chi connectivity index (χ2n) is 8.03. The second-order valence-corrected chi connectivity index (χ2v) is 8.03. The molecule has 2 N–H and O–H groups in total. The van der Waals surface area contributed by atoms with Gasteiger partial charge in [0.1, 0.15) is 0 Å². The van der Waals surface area contributed by atoms with Crippen molar-refractivity contribution in [3.05, 3.63) is 71.0 Å². The van der Waals surface area contributed by atoms with Crippen LogP contribution in [0.4, 0.5) is 0 Å². The Labute approximate surface area is 180 Å². The van der Waals surface area contributed by atoms with Gasteiger partial charge in [-0.3, -0.25) is 19.6 Å². The van der Waals surface area contributed by atoms with Crippen molar-refractivity contribution in [3.63, 3.8) is 0 Å². The summed E-state index contributed by atoms with van der Waals surface area (Å²) >= 11 is 0. The van der Waals surface area contributed by atoms with E-state index in [-0.39, 0.29) is 5.78 Å². The van der Waals surface area contributed by atoms with Gasteiger partial charge in [-0.1, -0.05) is 29.4 Å². The van der Waals surface area contributed by atoms with Crippen LogP contribution in [0, 0.1) is 13.8 Å². The number of rotatable bonds is 4. The molecule has 0 atom stereocenters. The quantitative estimate of drug-likeness (QED) is 0.702. The van der Waals surface area contributed by atoms with E-state index >= 15 is 0 Å². The van der Waals surface area contributed by atoms with Crippen LogP contribution in [0.15, 0.2) is 53.9 Å². The van der Waals surface area contributed by atoms with Crippen molar-refractivity contribution in [1.82, 2.24) is 9.97 Å². The molecule has 0 saturated carbocycles. The predicted octanol–water partition coefficient (Wildman–Crippen LogP) is 3.61. The number of primary amides is 1. The van der Waals surface area contributed by atoms with Crippen molar-refractivity contribution in [2.75, 3.05) is 0 Å². The zero-order valence-electron chi connectivity index (χ0n) is 17.8. The van der Waals surface area contributed by atoms with Crippen molar-refractivity contribution < 1.29 is 14.4 Å². The van der Waals surface area contributed by atoms with Gasteiger partial charge in [-0.25, -0.2) is 0 Å². The first-order valence-corrected chi connectivity index (χ1v) is 9.83. The Morgan fingerprint density at radius 2 is 1.68 bits per heavy atom. The molecule has 0 spiro atoms. The minimum absolute atomic E-state index is 0.159. The lowest BCUT2D eigenvalue weighted by atomic mass is 9.93. The van der Waals surface area contributed by atoms with Crippen molar-refractivity contribution in [1.29, 1.82) is 0 Å². The zero-order chi connectivity index (χ0) is 22.3. The largest absolute Gasteiger partial charge is 0.381 e. The maximum atomic E-state index is 12.6. The summed E-state index contributed by atoms with van der Waals surface area (Å²) in [7, 11) is 0. The fraction of sp³-hybridized carbons (Fsp3) is 0.208. The van der Waals surface area contributed by atoms with Crippen LogP contribution in [0.2, 0.25) is 0 Å². The Hall–Kier alpha value is -3.87. The first kappa shape index (κ1) is 20.4. The zero-order valence-corrected chi connectivity index (χ0v) is 17.8. The number of carbonyl (C=O) groups is 2. The number of hydrogen-bond acceptors (Lipinski definition) is 6. The molecule has 4 rings (SSSR count). The van der Waals surface area contributed by atoms with Crippen LogP contribution < -0.4 is 5.73 Å². The Bertz CT molecular complexity index is 1240. The molecule has 156 valence electrons. The van der Waals surface area contributed by atoms with E-state index in [1.54, 1.807) is 38.4 Å². The molecule has 31 heavy (non-hydrogen) atoms. The summed E-state index contributed by atoms with van der Waals surface area (Å²) in [6.45, 7) is 7.19. The Morgan fingerprint density at radius 3 is 2.26 bits per heavy atom. The van der Waals surface area contributed by atoms with E-state index in [2.05, 4.69) is 15.1 Å². The highest BCUT2D eigenvalue weighted by molar-refractivity contribution is 6.49. The van der Waals surface area contributed by atoms with Crippen LogP contribution in [0.25, 0.3) is 22.5 Å². The summed E-state index contributed by atoms with van der Waals surface area (Å²) in [4.78, 5) is 38.6. The number of oxime groups is 1.